The van der Waals surface area contributed by atoms with Crippen LogP contribution in [0, 0.1) is 11.3 Å². The molecule has 1 aliphatic carbocycles. The van der Waals surface area contributed by atoms with Crippen LogP contribution in [0.1, 0.15) is 59.3 Å². The average molecular weight is 252 g/mol. The monoisotopic (exact) mass is 252 g/mol. The van der Waals surface area contributed by atoms with Gasteiger partial charge in [0.05, 0.1) is 0 Å². The first-order valence-corrected chi connectivity index (χ1v) is 7.52. The fourth-order valence-corrected chi connectivity index (χ4v) is 3.02. The molecular formula is C15H28N2O. The lowest BCUT2D eigenvalue weighted by Crippen LogP contribution is -2.48. The number of carbonyl (C=O) groups excluding carboxylic acids is 1. The van der Waals surface area contributed by atoms with Gasteiger partial charge in [-0.25, -0.2) is 4.79 Å². The molecule has 104 valence electrons. The fourth-order valence-electron chi connectivity index (χ4n) is 3.02. The molecular weight excluding hydrogens is 224 g/mol. The smallest absolute Gasteiger partial charge is 0.317 e. The first kappa shape index (κ1) is 13.7. The largest absolute Gasteiger partial charge is 0.335 e. The normalized spacial score (nSPS) is 26.1. The van der Waals surface area contributed by atoms with E-state index < -0.39 is 0 Å². The summed E-state index contributed by atoms with van der Waals surface area (Å²) in [5.74, 6) is 0.782. The summed E-state index contributed by atoms with van der Waals surface area (Å²) in [5, 5.41) is 3.23. The number of hydrogen-bond donors (Lipinski definition) is 1. The number of amides is 2. The van der Waals surface area contributed by atoms with E-state index in [0.29, 0.717) is 11.5 Å². The van der Waals surface area contributed by atoms with Gasteiger partial charge in [0.25, 0.3) is 0 Å². The molecule has 1 saturated heterocycles. The van der Waals surface area contributed by atoms with Gasteiger partial charge in [-0.15, -0.1) is 0 Å². The number of piperidine rings is 1. The van der Waals surface area contributed by atoms with Crippen LogP contribution in [0.5, 0.6) is 0 Å². The SMILES string of the molecule is CC1CCN(C(=O)NC2CCC(C)(C)CC2)CC1. The van der Waals surface area contributed by atoms with E-state index in [4.69, 9.17) is 0 Å². The van der Waals surface area contributed by atoms with Crippen LogP contribution in [-0.4, -0.2) is 30.1 Å². The molecule has 0 unspecified atom stereocenters. The summed E-state index contributed by atoms with van der Waals surface area (Å²) in [6, 6.07) is 0.580. The predicted octanol–water partition coefficient (Wildman–Crippen LogP) is 3.40. The molecule has 2 fully saturated rings. The number of likely N-dealkylation sites (tertiary alicyclic amines) is 1. The maximum atomic E-state index is 12.1. The lowest BCUT2D eigenvalue weighted by atomic mass is 9.75. The topological polar surface area (TPSA) is 32.3 Å². The highest BCUT2D eigenvalue weighted by atomic mass is 16.2. The van der Waals surface area contributed by atoms with E-state index in [9.17, 15) is 4.79 Å². The second kappa shape index (κ2) is 5.50. The quantitative estimate of drug-likeness (QED) is 0.762. The number of carbonyl (C=O) groups is 1. The Morgan fingerprint density at radius 2 is 1.67 bits per heavy atom. The van der Waals surface area contributed by atoms with Crippen molar-refractivity contribution >= 4 is 6.03 Å². The Bertz CT molecular complexity index is 283. The van der Waals surface area contributed by atoms with Crippen molar-refractivity contribution in [2.24, 2.45) is 11.3 Å². The van der Waals surface area contributed by atoms with Crippen molar-refractivity contribution in [3.05, 3.63) is 0 Å². The van der Waals surface area contributed by atoms with E-state index in [1.807, 2.05) is 4.90 Å². The minimum atomic E-state index is 0.173. The summed E-state index contributed by atoms with van der Waals surface area (Å²) in [6.07, 6.45) is 7.06. The molecule has 2 aliphatic rings. The lowest BCUT2D eigenvalue weighted by molar-refractivity contribution is 0.157. The molecule has 2 rings (SSSR count). The molecule has 0 aromatic carbocycles. The van der Waals surface area contributed by atoms with E-state index in [-0.39, 0.29) is 6.03 Å². The van der Waals surface area contributed by atoms with E-state index in [1.54, 1.807) is 0 Å². The Hall–Kier alpha value is -0.730. The van der Waals surface area contributed by atoms with Gasteiger partial charge >= 0.3 is 6.03 Å². The summed E-state index contributed by atoms with van der Waals surface area (Å²) in [5.41, 5.74) is 0.474. The third kappa shape index (κ3) is 3.63. The molecule has 0 aromatic heterocycles. The number of hydrogen-bond acceptors (Lipinski definition) is 1. The van der Waals surface area contributed by atoms with Gasteiger partial charge in [0, 0.05) is 19.1 Å². The van der Waals surface area contributed by atoms with Crippen LogP contribution in [-0.2, 0) is 0 Å². The van der Waals surface area contributed by atoms with Crippen molar-refractivity contribution in [2.45, 2.75) is 65.3 Å². The standard InChI is InChI=1S/C15H28N2O/c1-12-6-10-17(11-7-12)14(18)16-13-4-8-15(2,3)9-5-13/h12-13H,4-11H2,1-3H3,(H,16,18). The zero-order valence-electron chi connectivity index (χ0n) is 12.2. The Labute approximate surface area is 111 Å². The second-order valence-electron chi connectivity index (χ2n) is 7.06. The van der Waals surface area contributed by atoms with Gasteiger partial charge in [-0.2, -0.15) is 0 Å². The first-order chi connectivity index (χ1) is 8.46. The number of urea groups is 1. The summed E-state index contributed by atoms with van der Waals surface area (Å²) in [4.78, 5) is 14.1. The van der Waals surface area contributed by atoms with Crippen LogP contribution in [0.25, 0.3) is 0 Å². The van der Waals surface area contributed by atoms with E-state index in [1.165, 1.54) is 12.8 Å². The number of rotatable bonds is 1. The molecule has 0 radical (unpaired) electrons. The summed E-state index contributed by atoms with van der Waals surface area (Å²) >= 11 is 0. The van der Waals surface area contributed by atoms with Crippen molar-refractivity contribution in [2.75, 3.05) is 13.1 Å². The van der Waals surface area contributed by atoms with Crippen LogP contribution in [0.15, 0.2) is 0 Å². The fraction of sp³-hybridized carbons (Fsp3) is 0.933. The highest BCUT2D eigenvalue weighted by molar-refractivity contribution is 5.74. The average Bonchev–Trinajstić information content (AvgIpc) is 2.33. The van der Waals surface area contributed by atoms with Crippen LogP contribution in [0.2, 0.25) is 0 Å². The van der Waals surface area contributed by atoms with Crippen molar-refractivity contribution in [1.82, 2.24) is 10.2 Å². The Balaban J connectivity index is 1.75. The Kier molecular flexibility index (Phi) is 4.18. The third-order valence-electron chi connectivity index (χ3n) is 4.74. The predicted molar refractivity (Wildman–Crippen MR) is 74.5 cm³/mol. The van der Waals surface area contributed by atoms with Gasteiger partial charge in [0.1, 0.15) is 0 Å². The highest BCUT2D eigenvalue weighted by Crippen LogP contribution is 2.35. The maximum absolute atomic E-state index is 12.1. The minimum absolute atomic E-state index is 0.173. The van der Waals surface area contributed by atoms with Gasteiger partial charge in [-0.05, 0) is 49.9 Å². The number of nitrogens with one attached hydrogen (secondary N) is 1. The molecule has 0 bridgehead atoms. The summed E-state index contributed by atoms with van der Waals surface area (Å²) in [7, 11) is 0. The molecule has 1 N–H and O–H groups in total. The van der Waals surface area contributed by atoms with Crippen molar-refractivity contribution < 1.29 is 4.79 Å². The van der Waals surface area contributed by atoms with E-state index in [2.05, 4.69) is 26.1 Å². The Morgan fingerprint density at radius 3 is 2.22 bits per heavy atom. The lowest BCUT2D eigenvalue weighted by Gasteiger charge is -2.36. The molecule has 1 heterocycles. The van der Waals surface area contributed by atoms with Crippen LogP contribution >= 0.6 is 0 Å². The zero-order chi connectivity index (χ0) is 13.2. The molecule has 3 nitrogen and oxygen atoms in total. The molecule has 2 amide bonds. The summed E-state index contributed by atoms with van der Waals surface area (Å²) in [6.45, 7) is 8.81. The molecule has 1 saturated carbocycles. The van der Waals surface area contributed by atoms with Gasteiger partial charge in [0.15, 0.2) is 0 Å². The first-order valence-electron chi connectivity index (χ1n) is 7.52. The van der Waals surface area contributed by atoms with Crippen molar-refractivity contribution in [1.29, 1.82) is 0 Å². The van der Waals surface area contributed by atoms with Gasteiger partial charge in [-0.3, -0.25) is 0 Å². The van der Waals surface area contributed by atoms with Crippen LogP contribution in [0.4, 0.5) is 4.79 Å². The maximum Gasteiger partial charge on any atom is 0.317 e. The van der Waals surface area contributed by atoms with Crippen LogP contribution in [0.3, 0.4) is 0 Å². The van der Waals surface area contributed by atoms with Crippen molar-refractivity contribution in [3.8, 4) is 0 Å². The Morgan fingerprint density at radius 1 is 1.11 bits per heavy atom. The summed E-state index contributed by atoms with van der Waals surface area (Å²) < 4.78 is 0. The van der Waals surface area contributed by atoms with E-state index >= 15 is 0 Å². The van der Waals surface area contributed by atoms with Gasteiger partial charge in [-0.1, -0.05) is 20.8 Å². The third-order valence-corrected chi connectivity index (χ3v) is 4.74. The molecule has 3 heteroatoms. The van der Waals surface area contributed by atoms with Crippen LogP contribution < -0.4 is 5.32 Å². The number of nitrogens with zero attached hydrogens (tertiary/aromatic N) is 1. The molecule has 0 aromatic rings. The zero-order valence-corrected chi connectivity index (χ0v) is 12.2. The molecule has 1 aliphatic heterocycles. The molecule has 0 atom stereocenters. The van der Waals surface area contributed by atoms with E-state index in [0.717, 1.165) is 44.7 Å². The van der Waals surface area contributed by atoms with Gasteiger partial charge in [0.2, 0.25) is 0 Å². The highest BCUT2D eigenvalue weighted by Gasteiger charge is 2.29. The van der Waals surface area contributed by atoms with Crippen molar-refractivity contribution in [3.63, 3.8) is 0 Å². The second-order valence-corrected chi connectivity index (χ2v) is 7.06. The van der Waals surface area contributed by atoms with Gasteiger partial charge < -0.3 is 10.2 Å². The minimum Gasteiger partial charge on any atom is -0.335 e. The molecule has 0 spiro atoms. The molecule has 18 heavy (non-hydrogen) atoms.